The molecule has 9 nitrogen and oxygen atoms in total. The van der Waals surface area contributed by atoms with E-state index in [1.54, 1.807) is 29.2 Å². The number of aromatic nitrogens is 2. The molecule has 1 aliphatic heterocycles. The number of benzene rings is 1. The highest BCUT2D eigenvalue weighted by Crippen LogP contribution is 2.26. The first-order valence-electron chi connectivity index (χ1n) is 9.68. The van der Waals surface area contributed by atoms with Crippen molar-refractivity contribution in [3.05, 3.63) is 64.0 Å². The summed E-state index contributed by atoms with van der Waals surface area (Å²) in [5, 5.41) is 15.8. The van der Waals surface area contributed by atoms with Crippen molar-refractivity contribution >= 4 is 11.6 Å². The molecule has 1 aliphatic rings. The molecule has 0 radical (unpaired) electrons. The number of non-ortho nitro benzene ring substituents is 1. The molecular weight excluding hydrogens is 388 g/mol. The van der Waals surface area contributed by atoms with E-state index in [-0.39, 0.29) is 23.8 Å². The predicted octanol–water partition coefficient (Wildman–Crippen LogP) is 3.60. The molecule has 1 saturated heterocycles. The van der Waals surface area contributed by atoms with E-state index in [4.69, 9.17) is 9.15 Å². The topological polar surface area (TPSA) is 104 Å². The number of amides is 1. The van der Waals surface area contributed by atoms with Gasteiger partial charge in [-0.2, -0.15) is 5.10 Å². The van der Waals surface area contributed by atoms with E-state index in [0.29, 0.717) is 35.9 Å². The minimum absolute atomic E-state index is 0.0783. The first kappa shape index (κ1) is 19.8. The van der Waals surface area contributed by atoms with E-state index >= 15 is 0 Å². The second kappa shape index (κ2) is 7.75. The number of ether oxygens (including phenoxy) is 1. The number of morpholine rings is 1. The molecule has 0 N–H and O–H groups in total. The van der Waals surface area contributed by atoms with E-state index in [1.807, 2.05) is 26.8 Å². The van der Waals surface area contributed by atoms with Crippen LogP contribution in [0.2, 0.25) is 0 Å². The number of furan rings is 1. The third-order valence-corrected chi connectivity index (χ3v) is 4.91. The van der Waals surface area contributed by atoms with E-state index in [9.17, 15) is 14.9 Å². The molecule has 9 heteroatoms. The molecule has 1 amide bonds. The molecule has 3 heterocycles. The van der Waals surface area contributed by atoms with Gasteiger partial charge in [-0.1, -0.05) is 6.07 Å². The summed E-state index contributed by atoms with van der Waals surface area (Å²) in [5.41, 5.74) is 1.13. The Morgan fingerprint density at radius 3 is 2.53 bits per heavy atom. The van der Waals surface area contributed by atoms with Gasteiger partial charge in [0.15, 0.2) is 5.76 Å². The number of nitrogens with zero attached hydrogens (tertiary/aromatic N) is 4. The Kier molecular flexibility index (Phi) is 5.13. The molecule has 2 aromatic heterocycles. The SMILES string of the molecule is Cc1ccc(-c2cc(C(=O)N3C[C@@H](C)O[C@H](C)C3)n(-c3cccc([N+](=O)[O-])c3)n2)o1. The van der Waals surface area contributed by atoms with Crippen LogP contribution in [0.5, 0.6) is 0 Å². The number of carbonyl (C=O) groups excluding carboxylic acids is 1. The lowest BCUT2D eigenvalue weighted by molar-refractivity contribution is -0.384. The summed E-state index contributed by atoms with van der Waals surface area (Å²) in [7, 11) is 0. The van der Waals surface area contributed by atoms with Gasteiger partial charge in [0.2, 0.25) is 0 Å². The van der Waals surface area contributed by atoms with Gasteiger partial charge in [0, 0.05) is 31.3 Å². The van der Waals surface area contributed by atoms with Crippen LogP contribution in [0.4, 0.5) is 5.69 Å². The molecule has 156 valence electrons. The first-order chi connectivity index (χ1) is 14.3. The number of hydrogen-bond donors (Lipinski definition) is 0. The van der Waals surface area contributed by atoms with Crippen LogP contribution < -0.4 is 0 Å². The third kappa shape index (κ3) is 3.84. The maximum atomic E-state index is 13.4. The molecule has 30 heavy (non-hydrogen) atoms. The zero-order chi connectivity index (χ0) is 21.4. The van der Waals surface area contributed by atoms with Crippen molar-refractivity contribution in [2.45, 2.75) is 33.0 Å². The van der Waals surface area contributed by atoms with Crippen molar-refractivity contribution in [3.63, 3.8) is 0 Å². The number of hydrogen-bond acceptors (Lipinski definition) is 6. The summed E-state index contributed by atoms with van der Waals surface area (Å²) in [6.45, 7) is 6.58. The Balaban J connectivity index is 1.80. The Hall–Kier alpha value is -3.46. The van der Waals surface area contributed by atoms with Crippen LogP contribution in [-0.4, -0.2) is 50.8 Å². The number of rotatable bonds is 4. The molecule has 0 aliphatic carbocycles. The van der Waals surface area contributed by atoms with Crippen molar-refractivity contribution in [1.82, 2.24) is 14.7 Å². The van der Waals surface area contributed by atoms with E-state index < -0.39 is 4.92 Å². The Bertz CT molecular complexity index is 1090. The van der Waals surface area contributed by atoms with Crippen LogP contribution in [0.1, 0.15) is 30.1 Å². The van der Waals surface area contributed by atoms with E-state index in [2.05, 4.69) is 5.10 Å². The molecule has 2 atom stereocenters. The summed E-state index contributed by atoms with van der Waals surface area (Å²) in [5.74, 6) is 1.03. The number of nitro benzene ring substituents is 1. The number of carbonyl (C=O) groups is 1. The zero-order valence-corrected chi connectivity index (χ0v) is 16.9. The number of nitro groups is 1. The third-order valence-electron chi connectivity index (χ3n) is 4.91. The summed E-state index contributed by atoms with van der Waals surface area (Å²) in [6, 6.07) is 11.3. The molecule has 1 fully saturated rings. The van der Waals surface area contributed by atoms with Crippen LogP contribution in [0.3, 0.4) is 0 Å². The van der Waals surface area contributed by atoms with Gasteiger partial charge in [-0.25, -0.2) is 4.68 Å². The monoisotopic (exact) mass is 410 g/mol. The van der Waals surface area contributed by atoms with Crippen molar-refractivity contribution in [2.24, 2.45) is 0 Å². The molecule has 3 aromatic rings. The average molecular weight is 410 g/mol. The van der Waals surface area contributed by atoms with Crippen molar-refractivity contribution < 1.29 is 18.9 Å². The van der Waals surface area contributed by atoms with E-state index in [0.717, 1.165) is 5.76 Å². The quantitative estimate of drug-likeness (QED) is 0.481. The lowest BCUT2D eigenvalue weighted by Gasteiger charge is -2.35. The average Bonchev–Trinajstić information content (AvgIpc) is 3.33. The van der Waals surface area contributed by atoms with Gasteiger partial charge in [-0.15, -0.1) is 0 Å². The van der Waals surface area contributed by atoms with Gasteiger partial charge in [-0.05, 0) is 39.0 Å². The minimum atomic E-state index is -0.476. The molecule has 0 spiro atoms. The molecule has 1 aromatic carbocycles. The fraction of sp³-hybridized carbons (Fsp3) is 0.333. The molecule has 0 unspecified atom stereocenters. The molecule has 0 bridgehead atoms. The first-order valence-corrected chi connectivity index (χ1v) is 9.68. The van der Waals surface area contributed by atoms with Gasteiger partial charge < -0.3 is 14.1 Å². The van der Waals surface area contributed by atoms with Crippen molar-refractivity contribution in [3.8, 4) is 17.1 Å². The fourth-order valence-corrected chi connectivity index (χ4v) is 3.67. The van der Waals surface area contributed by atoms with Crippen LogP contribution in [-0.2, 0) is 4.74 Å². The van der Waals surface area contributed by atoms with E-state index in [1.165, 1.54) is 16.8 Å². The Labute approximate surface area is 173 Å². The van der Waals surface area contributed by atoms with Crippen molar-refractivity contribution in [1.29, 1.82) is 0 Å². The van der Waals surface area contributed by atoms with Crippen LogP contribution in [0, 0.1) is 17.0 Å². The smallest absolute Gasteiger partial charge is 0.272 e. The maximum absolute atomic E-state index is 13.4. The van der Waals surface area contributed by atoms with Crippen LogP contribution in [0.25, 0.3) is 17.1 Å². The van der Waals surface area contributed by atoms with Gasteiger partial charge in [0.25, 0.3) is 11.6 Å². The summed E-state index contributed by atoms with van der Waals surface area (Å²) in [6.07, 6.45) is -0.168. The van der Waals surface area contributed by atoms with Crippen LogP contribution in [0.15, 0.2) is 46.9 Å². The largest absolute Gasteiger partial charge is 0.460 e. The summed E-state index contributed by atoms with van der Waals surface area (Å²) >= 11 is 0. The minimum Gasteiger partial charge on any atom is -0.460 e. The highest BCUT2D eigenvalue weighted by molar-refractivity contribution is 5.94. The highest BCUT2D eigenvalue weighted by atomic mass is 16.6. The van der Waals surface area contributed by atoms with Gasteiger partial charge in [0.1, 0.15) is 17.1 Å². The second-order valence-corrected chi connectivity index (χ2v) is 7.48. The number of aryl methyl sites for hydroxylation is 1. The van der Waals surface area contributed by atoms with Crippen LogP contribution >= 0.6 is 0 Å². The molecule has 4 rings (SSSR count). The summed E-state index contributed by atoms with van der Waals surface area (Å²) < 4.78 is 12.8. The lowest BCUT2D eigenvalue weighted by Crippen LogP contribution is -2.48. The van der Waals surface area contributed by atoms with Gasteiger partial charge >= 0.3 is 0 Å². The standard InChI is InChI=1S/C21H22N4O5/c1-13-7-8-20(30-13)18-10-19(21(26)23-11-14(2)29-15(3)12-23)24(22-18)16-5-4-6-17(9-16)25(27)28/h4-10,14-15H,11-12H2,1-3H3/t14-,15-/m1/s1. The second-order valence-electron chi connectivity index (χ2n) is 7.48. The fourth-order valence-electron chi connectivity index (χ4n) is 3.67. The molecular formula is C21H22N4O5. The highest BCUT2D eigenvalue weighted by Gasteiger charge is 2.30. The normalized spacial score (nSPS) is 19.1. The lowest BCUT2D eigenvalue weighted by atomic mass is 10.2. The zero-order valence-electron chi connectivity index (χ0n) is 16.9. The maximum Gasteiger partial charge on any atom is 0.272 e. The predicted molar refractivity (Wildman–Crippen MR) is 109 cm³/mol. The summed E-state index contributed by atoms with van der Waals surface area (Å²) in [4.78, 5) is 25.9. The van der Waals surface area contributed by atoms with Gasteiger partial charge in [0.05, 0.1) is 22.8 Å². The van der Waals surface area contributed by atoms with Gasteiger partial charge in [-0.3, -0.25) is 14.9 Å². The molecule has 0 saturated carbocycles. The Morgan fingerprint density at radius 2 is 1.90 bits per heavy atom. The van der Waals surface area contributed by atoms with Crippen molar-refractivity contribution in [2.75, 3.05) is 13.1 Å². The Morgan fingerprint density at radius 1 is 1.17 bits per heavy atom.